The van der Waals surface area contributed by atoms with Crippen molar-refractivity contribution in [1.82, 2.24) is 14.4 Å². The molecule has 0 saturated heterocycles. The molecule has 0 aliphatic heterocycles. The molecule has 0 unspecified atom stereocenters. The number of rotatable bonds is 3. The molecule has 2 heterocycles. The maximum atomic E-state index is 11.3. The van der Waals surface area contributed by atoms with Gasteiger partial charge in [-0.1, -0.05) is 0 Å². The molecular formula is C18H14N4O4. The van der Waals surface area contributed by atoms with E-state index in [1.165, 1.54) is 24.3 Å². The molecule has 4 N–H and O–H groups in total. The third-order valence-electron chi connectivity index (χ3n) is 4.18. The molecule has 0 saturated carbocycles. The van der Waals surface area contributed by atoms with E-state index >= 15 is 0 Å². The summed E-state index contributed by atoms with van der Waals surface area (Å²) in [7, 11) is 1.70. The minimum Gasteiger partial charge on any atom is -0.504 e. The molecule has 8 heteroatoms. The largest absolute Gasteiger partial charge is 0.504 e. The summed E-state index contributed by atoms with van der Waals surface area (Å²) in [6.07, 6.45) is 1.63. The van der Waals surface area contributed by atoms with Crippen LogP contribution in [0.25, 0.3) is 27.9 Å². The van der Waals surface area contributed by atoms with E-state index in [1.54, 1.807) is 25.4 Å². The number of fused-ring (bicyclic) bond motifs is 3. The number of anilines is 1. The quantitative estimate of drug-likeness (QED) is 0.419. The van der Waals surface area contributed by atoms with Crippen LogP contribution in [-0.2, 0) is 0 Å². The van der Waals surface area contributed by atoms with Crippen LogP contribution in [0.1, 0.15) is 10.4 Å². The fourth-order valence-corrected chi connectivity index (χ4v) is 2.92. The summed E-state index contributed by atoms with van der Waals surface area (Å²) in [6, 6.07) is 9.17. The van der Waals surface area contributed by atoms with Gasteiger partial charge in [0.2, 0.25) is 0 Å². The Kier molecular flexibility index (Phi) is 3.40. The van der Waals surface area contributed by atoms with Crippen LogP contribution in [0.4, 0.5) is 5.82 Å². The Morgan fingerprint density at radius 2 is 1.92 bits per heavy atom. The van der Waals surface area contributed by atoms with E-state index in [4.69, 9.17) is 0 Å². The van der Waals surface area contributed by atoms with Gasteiger partial charge in [0.05, 0.1) is 28.5 Å². The Bertz CT molecular complexity index is 1180. The molecule has 2 aromatic heterocycles. The number of phenolic OH excluding ortho intramolecular Hbond substituents is 2. The number of carbonyl (C=O) groups is 1. The molecule has 4 aromatic rings. The zero-order chi connectivity index (χ0) is 18.4. The van der Waals surface area contributed by atoms with Crippen molar-refractivity contribution in [3.63, 3.8) is 0 Å². The standard InChI is InChI=1S/C18H14N4O4/c1-19-16-17-20-8-13(9-3-5-14(23)15(24)7-9)22(17)12-4-2-10(18(25)26)6-11(12)21-16/h2-8,23-24H,1H3,(H,19,21)(H,25,26). The number of hydrogen-bond donors (Lipinski definition) is 4. The van der Waals surface area contributed by atoms with Gasteiger partial charge in [-0.25, -0.2) is 14.8 Å². The third-order valence-corrected chi connectivity index (χ3v) is 4.18. The number of imidazole rings is 1. The van der Waals surface area contributed by atoms with Gasteiger partial charge in [-0.3, -0.25) is 4.40 Å². The molecule has 0 amide bonds. The predicted octanol–water partition coefficient (Wildman–Crippen LogP) is 2.70. The number of aromatic hydroxyl groups is 2. The van der Waals surface area contributed by atoms with E-state index in [9.17, 15) is 20.1 Å². The van der Waals surface area contributed by atoms with Gasteiger partial charge in [0, 0.05) is 12.6 Å². The Labute approximate surface area is 147 Å². The van der Waals surface area contributed by atoms with Gasteiger partial charge in [0.15, 0.2) is 23.0 Å². The van der Waals surface area contributed by atoms with Crippen molar-refractivity contribution < 1.29 is 20.1 Å². The molecule has 0 radical (unpaired) electrons. The number of aromatic carboxylic acids is 1. The number of carboxylic acids is 1. The lowest BCUT2D eigenvalue weighted by Gasteiger charge is -2.10. The predicted molar refractivity (Wildman–Crippen MR) is 95.8 cm³/mol. The summed E-state index contributed by atoms with van der Waals surface area (Å²) < 4.78 is 1.83. The summed E-state index contributed by atoms with van der Waals surface area (Å²) in [4.78, 5) is 20.1. The lowest BCUT2D eigenvalue weighted by Crippen LogP contribution is -2.03. The van der Waals surface area contributed by atoms with Crippen LogP contribution in [0.3, 0.4) is 0 Å². The Morgan fingerprint density at radius 1 is 1.12 bits per heavy atom. The van der Waals surface area contributed by atoms with Crippen molar-refractivity contribution in [1.29, 1.82) is 0 Å². The first-order valence-corrected chi connectivity index (χ1v) is 7.74. The van der Waals surface area contributed by atoms with Gasteiger partial charge in [-0.15, -0.1) is 0 Å². The van der Waals surface area contributed by atoms with E-state index in [1.807, 2.05) is 4.40 Å². The first-order valence-electron chi connectivity index (χ1n) is 7.74. The zero-order valence-electron chi connectivity index (χ0n) is 13.6. The Morgan fingerprint density at radius 3 is 2.62 bits per heavy atom. The molecule has 2 aromatic carbocycles. The molecule has 8 nitrogen and oxygen atoms in total. The molecule has 0 spiro atoms. The van der Waals surface area contributed by atoms with Gasteiger partial charge < -0.3 is 20.6 Å². The second-order valence-electron chi connectivity index (χ2n) is 5.73. The van der Waals surface area contributed by atoms with Crippen molar-refractivity contribution in [2.75, 3.05) is 12.4 Å². The van der Waals surface area contributed by atoms with Crippen molar-refractivity contribution in [3.8, 4) is 22.8 Å². The van der Waals surface area contributed by atoms with E-state index in [2.05, 4.69) is 15.3 Å². The number of hydrogen-bond acceptors (Lipinski definition) is 6. The normalized spacial score (nSPS) is 11.1. The number of phenols is 2. The van der Waals surface area contributed by atoms with Gasteiger partial charge in [-0.05, 0) is 36.4 Å². The van der Waals surface area contributed by atoms with Crippen LogP contribution in [0.15, 0.2) is 42.6 Å². The minimum atomic E-state index is -1.03. The molecule has 4 rings (SSSR count). The van der Waals surface area contributed by atoms with Gasteiger partial charge in [-0.2, -0.15) is 0 Å². The van der Waals surface area contributed by atoms with Crippen LogP contribution >= 0.6 is 0 Å². The van der Waals surface area contributed by atoms with Crippen molar-refractivity contribution >= 4 is 28.5 Å². The minimum absolute atomic E-state index is 0.135. The van der Waals surface area contributed by atoms with Crippen LogP contribution in [0, 0.1) is 0 Å². The van der Waals surface area contributed by atoms with Crippen LogP contribution < -0.4 is 5.32 Å². The highest BCUT2D eigenvalue weighted by Gasteiger charge is 2.16. The summed E-state index contributed by atoms with van der Waals surface area (Å²) in [5.74, 6) is -0.989. The summed E-state index contributed by atoms with van der Waals surface area (Å²) in [5.41, 5.74) is 3.17. The molecular weight excluding hydrogens is 336 g/mol. The van der Waals surface area contributed by atoms with Crippen LogP contribution in [-0.4, -0.2) is 42.7 Å². The van der Waals surface area contributed by atoms with E-state index in [0.29, 0.717) is 33.8 Å². The van der Waals surface area contributed by atoms with E-state index in [-0.39, 0.29) is 17.1 Å². The van der Waals surface area contributed by atoms with Crippen molar-refractivity contribution in [2.45, 2.75) is 0 Å². The highest BCUT2D eigenvalue weighted by Crippen LogP contribution is 2.33. The summed E-state index contributed by atoms with van der Waals surface area (Å²) in [5, 5.41) is 31.5. The average molecular weight is 350 g/mol. The molecule has 0 bridgehead atoms. The number of nitrogens with one attached hydrogen (secondary N) is 1. The molecule has 130 valence electrons. The maximum Gasteiger partial charge on any atom is 0.335 e. The summed E-state index contributed by atoms with van der Waals surface area (Å²) in [6.45, 7) is 0. The maximum absolute atomic E-state index is 11.3. The van der Waals surface area contributed by atoms with Crippen molar-refractivity contribution in [3.05, 3.63) is 48.2 Å². The van der Waals surface area contributed by atoms with Crippen molar-refractivity contribution in [2.24, 2.45) is 0 Å². The smallest absolute Gasteiger partial charge is 0.335 e. The molecule has 0 aliphatic carbocycles. The molecule has 0 fully saturated rings. The lowest BCUT2D eigenvalue weighted by molar-refractivity contribution is 0.0697. The van der Waals surface area contributed by atoms with E-state index in [0.717, 1.165) is 0 Å². The molecule has 26 heavy (non-hydrogen) atoms. The van der Waals surface area contributed by atoms with Gasteiger partial charge in [0.25, 0.3) is 0 Å². The second-order valence-corrected chi connectivity index (χ2v) is 5.73. The molecule has 0 aliphatic rings. The highest BCUT2D eigenvalue weighted by molar-refractivity contribution is 5.94. The number of aromatic nitrogens is 3. The van der Waals surface area contributed by atoms with Gasteiger partial charge in [0.1, 0.15) is 0 Å². The summed E-state index contributed by atoms with van der Waals surface area (Å²) >= 11 is 0. The Hall–Kier alpha value is -3.81. The number of nitrogens with zero attached hydrogens (tertiary/aromatic N) is 3. The van der Waals surface area contributed by atoms with Crippen LogP contribution in [0.2, 0.25) is 0 Å². The third kappa shape index (κ3) is 2.27. The lowest BCUT2D eigenvalue weighted by atomic mass is 10.1. The monoisotopic (exact) mass is 350 g/mol. The zero-order valence-corrected chi connectivity index (χ0v) is 13.6. The van der Waals surface area contributed by atoms with Crippen LogP contribution in [0.5, 0.6) is 11.5 Å². The Balaban J connectivity index is 2.09. The number of benzene rings is 2. The number of carboxylic acid groups (broad SMARTS) is 1. The first kappa shape index (κ1) is 15.7. The van der Waals surface area contributed by atoms with Gasteiger partial charge >= 0.3 is 5.97 Å². The highest BCUT2D eigenvalue weighted by atomic mass is 16.4. The fraction of sp³-hybridized carbons (Fsp3) is 0.0556. The SMILES string of the molecule is CNc1nc2cc(C(=O)O)ccc2n2c(-c3ccc(O)c(O)c3)cnc12. The molecule has 0 atom stereocenters. The fourth-order valence-electron chi connectivity index (χ4n) is 2.92. The average Bonchev–Trinajstić information content (AvgIpc) is 3.08. The van der Waals surface area contributed by atoms with E-state index < -0.39 is 5.97 Å². The second kappa shape index (κ2) is 5.62. The first-order chi connectivity index (χ1) is 12.5. The topological polar surface area (TPSA) is 120 Å².